The van der Waals surface area contributed by atoms with Gasteiger partial charge in [-0.1, -0.05) is 23.7 Å². The molecule has 2 aliphatic heterocycles. The minimum Gasteiger partial charge on any atom is -0.492 e. The molecule has 5 heteroatoms. The van der Waals surface area contributed by atoms with Gasteiger partial charge in [0.15, 0.2) is 6.10 Å². The molecule has 0 bridgehead atoms. The van der Waals surface area contributed by atoms with Gasteiger partial charge in [0.05, 0.1) is 24.3 Å². The van der Waals surface area contributed by atoms with Gasteiger partial charge < -0.3 is 14.8 Å². The molecule has 2 heterocycles. The van der Waals surface area contributed by atoms with Crippen LogP contribution in [0.1, 0.15) is 18.0 Å². The van der Waals surface area contributed by atoms with Gasteiger partial charge in [-0.3, -0.25) is 4.79 Å². The number of epoxide rings is 1. The quantitative estimate of drug-likeness (QED) is 0.816. The van der Waals surface area contributed by atoms with Gasteiger partial charge in [-0.25, -0.2) is 0 Å². The number of carbonyl (C=O) groups is 1. The van der Waals surface area contributed by atoms with Crippen LogP contribution in [0.4, 0.5) is 0 Å². The third-order valence-electron chi connectivity index (χ3n) is 2.97. The zero-order chi connectivity index (χ0) is 11.8. The summed E-state index contributed by atoms with van der Waals surface area (Å²) in [5.41, 5.74) is 0.942. The number of nitrogens with one attached hydrogen (secondary N) is 1. The predicted octanol–water partition coefficient (Wildman–Crippen LogP) is 1.68. The van der Waals surface area contributed by atoms with Gasteiger partial charge in [0.2, 0.25) is 0 Å². The lowest BCUT2D eigenvalue weighted by Gasteiger charge is -2.27. The van der Waals surface area contributed by atoms with E-state index in [1.165, 1.54) is 0 Å². The fourth-order valence-corrected chi connectivity index (χ4v) is 2.24. The van der Waals surface area contributed by atoms with Crippen LogP contribution in [0.5, 0.6) is 5.75 Å². The van der Waals surface area contributed by atoms with Gasteiger partial charge in [0.1, 0.15) is 5.75 Å². The summed E-state index contributed by atoms with van der Waals surface area (Å²) in [5.74, 6) is 0.630. The van der Waals surface area contributed by atoms with Crippen LogP contribution in [0.25, 0.3) is 0 Å². The number of fused-ring (bicyclic) bond motifs is 1. The highest BCUT2D eigenvalue weighted by molar-refractivity contribution is 6.32. The zero-order valence-electron chi connectivity index (χ0n) is 9.11. The van der Waals surface area contributed by atoms with Crippen molar-refractivity contribution in [1.29, 1.82) is 0 Å². The molecule has 17 heavy (non-hydrogen) atoms. The summed E-state index contributed by atoms with van der Waals surface area (Å²) in [5, 5.41) is 3.55. The standard InChI is InChI=1S/C12H12ClNO3/c13-8-3-1-2-7-9(4-5-16-11(7)8)14-12(15)10-6-17-10/h1-3,9-10H,4-6H2,(H,14,15). The molecular formula is C12H12ClNO3. The summed E-state index contributed by atoms with van der Waals surface area (Å²) in [6.45, 7) is 1.09. The van der Waals surface area contributed by atoms with E-state index in [9.17, 15) is 4.79 Å². The van der Waals surface area contributed by atoms with Crippen molar-refractivity contribution in [2.75, 3.05) is 13.2 Å². The molecule has 0 aromatic heterocycles. The van der Waals surface area contributed by atoms with Gasteiger partial charge in [-0.2, -0.15) is 0 Å². The number of hydrogen-bond acceptors (Lipinski definition) is 3. The van der Waals surface area contributed by atoms with Crippen molar-refractivity contribution in [3.63, 3.8) is 0 Å². The molecule has 1 fully saturated rings. The van der Waals surface area contributed by atoms with E-state index >= 15 is 0 Å². The minimum absolute atomic E-state index is 0.0332. The van der Waals surface area contributed by atoms with E-state index in [0.29, 0.717) is 24.0 Å². The Kier molecular flexibility index (Phi) is 2.68. The highest BCUT2D eigenvalue weighted by atomic mass is 35.5. The summed E-state index contributed by atoms with van der Waals surface area (Å²) in [6.07, 6.45) is 0.492. The molecule has 0 spiro atoms. The summed E-state index contributed by atoms with van der Waals surface area (Å²) in [6, 6.07) is 5.55. The lowest BCUT2D eigenvalue weighted by molar-refractivity contribution is -0.123. The van der Waals surface area contributed by atoms with Crippen molar-refractivity contribution in [1.82, 2.24) is 5.32 Å². The van der Waals surface area contributed by atoms with E-state index in [0.717, 1.165) is 12.0 Å². The monoisotopic (exact) mass is 253 g/mol. The maximum Gasteiger partial charge on any atom is 0.252 e. The summed E-state index contributed by atoms with van der Waals surface area (Å²) in [7, 11) is 0. The van der Waals surface area contributed by atoms with E-state index in [1.807, 2.05) is 12.1 Å². The fourth-order valence-electron chi connectivity index (χ4n) is 2.00. The number of hydrogen-bond donors (Lipinski definition) is 1. The average molecular weight is 254 g/mol. The second kappa shape index (κ2) is 4.20. The largest absolute Gasteiger partial charge is 0.492 e. The third-order valence-corrected chi connectivity index (χ3v) is 3.27. The molecule has 0 aliphatic carbocycles. The Morgan fingerprint density at radius 3 is 3.06 bits per heavy atom. The van der Waals surface area contributed by atoms with Crippen molar-refractivity contribution < 1.29 is 14.3 Å². The molecule has 0 saturated carbocycles. The molecule has 1 amide bonds. The van der Waals surface area contributed by atoms with Crippen LogP contribution < -0.4 is 10.1 Å². The first kappa shape index (κ1) is 10.9. The predicted molar refractivity (Wildman–Crippen MR) is 62.2 cm³/mol. The molecule has 1 aromatic carbocycles. The Morgan fingerprint density at radius 1 is 1.47 bits per heavy atom. The van der Waals surface area contributed by atoms with E-state index in [2.05, 4.69) is 5.32 Å². The van der Waals surface area contributed by atoms with Crippen LogP contribution >= 0.6 is 11.6 Å². The van der Waals surface area contributed by atoms with Crippen LogP contribution in [0, 0.1) is 0 Å². The molecule has 1 aromatic rings. The molecule has 2 unspecified atom stereocenters. The van der Waals surface area contributed by atoms with Crippen LogP contribution in [0.3, 0.4) is 0 Å². The normalized spacial score (nSPS) is 25.7. The van der Waals surface area contributed by atoms with Crippen LogP contribution in [-0.4, -0.2) is 25.2 Å². The topological polar surface area (TPSA) is 50.9 Å². The molecule has 4 nitrogen and oxygen atoms in total. The Hall–Kier alpha value is -1.26. The lowest BCUT2D eigenvalue weighted by atomic mass is 10.0. The molecule has 1 N–H and O–H groups in total. The van der Waals surface area contributed by atoms with Crippen LogP contribution in [0.15, 0.2) is 18.2 Å². The summed E-state index contributed by atoms with van der Waals surface area (Å²) < 4.78 is 10.5. The Bertz CT molecular complexity index is 459. The number of rotatable bonds is 2. The first-order valence-electron chi connectivity index (χ1n) is 5.59. The molecule has 2 atom stereocenters. The zero-order valence-corrected chi connectivity index (χ0v) is 9.87. The minimum atomic E-state index is -0.263. The maximum absolute atomic E-state index is 11.7. The van der Waals surface area contributed by atoms with Gasteiger partial charge in [-0.05, 0) is 6.07 Å². The number of ether oxygens (including phenoxy) is 2. The second-order valence-corrected chi connectivity index (χ2v) is 4.59. The highest BCUT2D eigenvalue weighted by Crippen LogP contribution is 2.37. The van der Waals surface area contributed by atoms with E-state index in [-0.39, 0.29) is 18.1 Å². The van der Waals surface area contributed by atoms with Crippen LogP contribution in [0.2, 0.25) is 5.02 Å². The fraction of sp³-hybridized carbons (Fsp3) is 0.417. The Labute approximate surface area is 104 Å². The van der Waals surface area contributed by atoms with Crippen molar-refractivity contribution >= 4 is 17.5 Å². The molecular weight excluding hydrogens is 242 g/mol. The lowest BCUT2D eigenvalue weighted by Crippen LogP contribution is -2.34. The van der Waals surface area contributed by atoms with E-state index in [1.54, 1.807) is 6.07 Å². The van der Waals surface area contributed by atoms with E-state index < -0.39 is 0 Å². The van der Waals surface area contributed by atoms with Gasteiger partial charge >= 0.3 is 0 Å². The average Bonchev–Trinajstić information content (AvgIpc) is 3.14. The molecule has 2 aliphatic rings. The first-order chi connectivity index (χ1) is 8.25. The second-order valence-electron chi connectivity index (χ2n) is 4.18. The number of benzene rings is 1. The van der Waals surface area contributed by atoms with E-state index in [4.69, 9.17) is 21.1 Å². The number of halogens is 1. The van der Waals surface area contributed by atoms with Crippen LogP contribution in [-0.2, 0) is 9.53 Å². The SMILES string of the molecule is O=C(NC1CCOc2c(Cl)cccc21)C1CO1. The highest BCUT2D eigenvalue weighted by Gasteiger charge is 2.34. The van der Waals surface area contributed by atoms with Crippen molar-refractivity contribution in [3.05, 3.63) is 28.8 Å². The van der Waals surface area contributed by atoms with Gasteiger partial charge in [-0.15, -0.1) is 0 Å². The first-order valence-corrected chi connectivity index (χ1v) is 5.96. The third kappa shape index (κ3) is 2.10. The molecule has 90 valence electrons. The summed E-state index contributed by atoms with van der Waals surface area (Å²) in [4.78, 5) is 11.7. The Morgan fingerprint density at radius 2 is 2.29 bits per heavy atom. The molecule has 0 radical (unpaired) electrons. The number of amides is 1. The molecule has 1 saturated heterocycles. The number of carbonyl (C=O) groups excluding carboxylic acids is 1. The summed E-state index contributed by atoms with van der Waals surface area (Å²) >= 11 is 6.06. The van der Waals surface area contributed by atoms with Gasteiger partial charge in [0.25, 0.3) is 5.91 Å². The Balaban J connectivity index is 1.83. The maximum atomic E-state index is 11.7. The van der Waals surface area contributed by atoms with Crippen molar-refractivity contribution in [2.24, 2.45) is 0 Å². The van der Waals surface area contributed by atoms with Gasteiger partial charge in [0, 0.05) is 12.0 Å². The number of para-hydroxylation sites is 1. The molecule has 3 rings (SSSR count). The smallest absolute Gasteiger partial charge is 0.252 e. The van der Waals surface area contributed by atoms with Crippen molar-refractivity contribution in [2.45, 2.75) is 18.6 Å². The van der Waals surface area contributed by atoms with Crippen molar-refractivity contribution in [3.8, 4) is 5.75 Å².